The zero-order valence-electron chi connectivity index (χ0n) is 12.4. The molecule has 21 heavy (non-hydrogen) atoms. The van der Waals surface area contributed by atoms with Crippen LogP contribution in [0.25, 0.3) is 0 Å². The quantitative estimate of drug-likeness (QED) is 0.808. The molecule has 0 spiro atoms. The van der Waals surface area contributed by atoms with Gasteiger partial charge < -0.3 is 20.1 Å². The van der Waals surface area contributed by atoms with Gasteiger partial charge in [-0.3, -0.25) is 4.79 Å². The molecule has 0 bridgehead atoms. The number of carbonyl (C=O) groups excluding carboxylic acids is 2. The molecular formula is C15H20N2O4. The van der Waals surface area contributed by atoms with Crippen molar-refractivity contribution < 1.29 is 19.1 Å². The highest BCUT2D eigenvalue weighted by atomic mass is 16.5. The fraction of sp³-hybridized carbons (Fsp3) is 0.467. The minimum atomic E-state index is -0.471. The van der Waals surface area contributed by atoms with Gasteiger partial charge in [-0.2, -0.15) is 0 Å². The van der Waals surface area contributed by atoms with Crippen molar-refractivity contribution in [1.29, 1.82) is 0 Å². The number of ether oxygens (including phenoxy) is 2. The smallest absolute Gasteiger partial charge is 0.339 e. The average molecular weight is 292 g/mol. The molecule has 2 unspecified atom stereocenters. The van der Waals surface area contributed by atoms with Crippen molar-refractivity contribution in [1.82, 2.24) is 5.32 Å². The summed E-state index contributed by atoms with van der Waals surface area (Å²) in [5, 5.41) is 5.86. The lowest BCUT2D eigenvalue weighted by molar-refractivity contribution is -0.120. The third-order valence-corrected chi connectivity index (χ3v) is 3.63. The van der Waals surface area contributed by atoms with Gasteiger partial charge in [-0.05, 0) is 26.1 Å². The molecule has 2 rings (SSSR count). The van der Waals surface area contributed by atoms with Gasteiger partial charge in [0, 0.05) is 6.04 Å². The number of methoxy groups -OCH3 is 1. The van der Waals surface area contributed by atoms with Crippen LogP contribution in [0.4, 0.5) is 5.69 Å². The van der Waals surface area contributed by atoms with Gasteiger partial charge in [-0.1, -0.05) is 11.6 Å². The fourth-order valence-corrected chi connectivity index (χ4v) is 2.37. The second kappa shape index (κ2) is 6.69. The Morgan fingerprint density at radius 1 is 1.33 bits per heavy atom. The third-order valence-electron chi connectivity index (χ3n) is 3.63. The molecule has 1 heterocycles. The number of rotatable bonds is 4. The zero-order chi connectivity index (χ0) is 15.4. The van der Waals surface area contributed by atoms with Crippen molar-refractivity contribution in [2.75, 3.05) is 32.7 Å². The van der Waals surface area contributed by atoms with E-state index in [-0.39, 0.29) is 17.9 Å². The monoisotopic (exact) mass is 292 g/mol. The summed E-state index contributed by atoms with van der Waals surface area (Å²) in [6, 6.07) is 5.23. The maximum atomic E-state index is 12.3. The summed E-state index contributed by atoms with van der Waals surface area (Å²) in [5.41, 5.74) is 1.73. The number of benzene rings is 1. The molecule has 2 N–H and O–H groups in total. The highest BCUT2D eigenvalue weighted by Crippen LogP contribution is 2.21. The number of amides is 1. The van der Waals surface area contributed by atoms with Crippen LogP contribution < -0.4 is 10.6 Å². The maximum Gasteiger partial charge on any atom is 0.339 e. The number of esters is 1. The van der Waals surface area contributed by atoms with Crippen molar-refractivity contribution in [3.05, 3.63) is 29.3 Å². The normalized spacial score (nSPS) is 21.1. The van der Waals surface area contributed by atoms with Crippen molar-refractivity contribution in [2.24, 2.45) is 5.92 Å². The Bertz CT molecular complexity index is 544. The van der Waals surface area contributed by atoms with Crippen LogP contribution in [-0.4, -0.2) is 45.3 Å². The Morgan fingerprint density at radius 2 is 2.10 bits per heavy atom. The summed E-state index contributed by atoms with van der Waals surface area (Å²) >= 11 is 0. The number of nitrogens with one attached hydrogen (secondary N) is 2. The second-order valence-electron chi connectivity index (χ2n) is 5.07. The largest absolute Gasteiger partial charge is 0.465 e. The Morgan fingerprint density at radius 3 is 2.76 bits per heavy atom. The van der Waals surface area contributed by atoms with Crippen LogP contribution in [0.1, 0.15) is 15.9 Å². The molecule has 1 fully saturated rings. The molecule has 1 aliphatic heterocycles. The molecule has 1 aromatic rings. The van der Waals surface area contributed by atoms with Gasteiger partial charge in [0.25, 0.3) is 0 Å². The molecule has 0 aromatic heterocycles. The van der Waals surface area contributed by atoms with Crippen LogP contribution in [0.2, 0.25) is 0 Å². The van der Waals surface area contributed by atoms with Crippen molar-refractivity contribution in [3.8, 4) is 0 Å². The van der Waals surface area contributed by atoms with Crippen LogP contribution in [0.3, 0.4) is 0 Å². The van der Waals surface area contributed by atoms with E-state index in [0.717, 1.165) is 5.56 Å². The standard InChI is InChI=1S/C15H20N2O4/c1-9-4-5-12(10(6-9)15(19)20-3)17-14(18)11-7-21-8-13(11)16-2/h4-6,11,13,16H,7-8H2,1-3H3,(H,17,18). The van der Waals surface area contributed by atoms with Crippen LogP contribution >= 0.6 is 0 Å². The number of carbonyl (C=O) groups is 2. The van der Waals surface area contributed by atoms with Gasteiger partial charge in [-0.15, -0.1) is 0 Å². The number of likely N-dealkylation sites (N-methyl/N-ethyl adjacent to an activating group) is 1. The molecule has 6 nitrogen and oxygen atoms in total. The van der Waals surface area contributed by atoms with E-state index in [1.807, 2.05) is 13.0 Å². The highest BCUT2D eigenvalue weighted by molar-refractivity contribution is 6.02. The van der Waals surface area contributed by atoms with E-state index in [1.54, 1.807) is 19.2 Å². The maximum absolute atomic E-state index is 12.3. The summed E-state index contributed by atoms with van der Waals surface area (Å²) in [6.07, 6.45) is 0. The SMILES string of the molecule is CNC1COCC1C(=O)Nc1ccc(C)cc1C(=O)OC. The predicted octanol–water partition coefficient (Wildman–Crippen LogP) is 0.955. The van der Waals surface area contributed by atoms with E-state index in [2.05, 4.69) is 10.6 Å². The minimum Gasteiger partial charge on any atom is -0.465 e. The van der Waals surface area contributed by atoms with Crippen molar-refractivity contribution in [3.63, 3.8) is 0 Å². The fourth-order valence-electron chi connectivity index (χ4n) is 2.37. The minimum absolute atomic E-state index is 0.0166. The van der Waals surface area contributed by atoms with Gasteiger partial charge in [0.15, 0.2) is 0 Å². The van der Waals surface area contributed by atoms with Crippen LogP contribution in [-0.2, 0) is 14.3 Å². The molecular weight excluding hydrogens is 272 g/mol. The first kappa shape index (κ1) is 15.5. The van der Waals surface area contributed by atoms with E-state index in [0.29, 0.717) is 24.5 Å². The lowest BCUT2D eigenvalue weighted by atomic mass is 10.0. The van der Waals surface area contributed by atoms with Gasteiger partial charge >= 0.3 is 5.97 Å². The van der Waals surface area contributed by atoms with Crippen molar-refractivity contribution >= 4 is 17.6 Å². The van der Waals surface area contributed by atoms with E-state index < -0.39 is 5.97 Å². The topological polar surface area (TPSA) is 76.7 Å². The number of hydrogen-bond acceptors (Lipinski definition) is 5. The molecule has 1 aromatic carbocycles. The molecule has 2 atom stereocenters. The first-order chi connectivity index (χ1) is 10.1. The molecule has 6 heteroatoms. The van der Waals surface area contributed by atoms with Gasteiger partial charge in [0.2, 0.25) is 5.91 Å². The number of hydrogen-bond donors (Lipinski definition) is 2. The van der Waals surface area contributed by atoms with E-state index >= 15 is 0 Å². The highest BCUT2D eigenvalue weighted by Gasteiger charge is 2.33. The van der Waals surface area contributed by atoms with Gasteiger partial charge in [0.1, 0.15) is 0 Å². The molecule has 1 amide bonds. The lowest BCUT2D eigenvalue weighted by Gasteiger charge is -2.17. The van der Waals surface area contributed by atoms with E-state index in [9.17, 15) is 9.59 Å². The summed E-state index contributed by atoms with van der Waals surface area (Å²) in [7, 11) is 3.11. The van der Waals surface area contributed by atoms with Crippen molar-refractivity contribution in [2.45, 2.75) is 13.0 Å². The zero-order valence-corrected chi connectivity index (χ0v) is 12.4. The van der Waals surface area contributed by atoms with Gasteiger partial charge in [-0.25, -0.2) is 4.79 Å². The van der Waals surface area contributed by atoms with E-state index in [4.69, 9.17) is 9.47 Å². The van der Waals surface area contributed by atoms with Crippen LogP contribution in [0.5, 0.6) is 0 Å². The first-order valence-corrected chi connectivity index (χ1v) is 6.81. The Hall–Kier alpha value is -1.92. The summed E-state index contributed by atoms with van der Waals surface area (Å²) in [4.78, 5) is 24.1. The molecule has 0 aliphatic carbocycles. The third kappa shape index (κ3) is 3.40. The second-order valence-corrected chi connectivity index (χ2v) is 5.07. The first-order valence-electron chi connectivity index (χ1n) is 6.81. The average Bonchev–Trinajstić information content (AvgIpc) is 2.96. The Labute approximate surface area is 123 Å². The summed E-state index contributed by atoms with van der Waals surface area (Å²) < 4.78 is 10.1. The number of anilines is 1. The molecule has 1 aliphatic rings. The molecule has 0 saturated carbocycles. The summed E-state index contributed by atoms with van der Waals surface area (Å²) in [6.45, 7) is 2.75. The lowest BCUT2D eigenvalue weighted by Crippen LogP contribution is -2.39. The Balaban J connectivity index is 2.19. The number of aryl methyl sites for hydroxylation is 1. The van der Waals surface area contributed by atoms with Crippen LogP contribution in [0, 0.1) is 12.8 Å². The molecule has 1 saturated heterocycles. The predicted molar refractivity (Wildman–Crippen MR) is 78.3 cm³/mol. The molecule has 114 valence electrons. The van der Waals surface area contributed by atoms with Crippen LogP contribution in [0.15, 0.2) is 18.2 Å². The molecule has 0 radical (unpaired) electrons. The summed E-state index contributed by atoms with van der Waals surface area (Å²) in [5.74, 6) is -0.913. The van der Waals surface area contributed by atoms with E-state index in [1.165, 1.54) is 7.11 Å². The Kier molecular flexibility index (Phi) is 4.93. The van der Waals surface area contributed by atoms with Gasteiger partial charge in [0.05, 0.1) is 37.5 Å².